The van der Waals surface area contributed by atoms with Gasteiger partial charge in [0.25, 0.3) is 0 Å². The zero-order valence-corrected chi connectivity index (χ0v) is 16.7. The lowest BCUT2D eigenvalue weighted by Crippen LogP contribution is -2.51. The summed E-state index contributed by atoms with van der Waals surface area (Å²) in [6, 6.07) is 7.52. The molecule has 148 valence electrons. The molecule has 0 aromatic heterocycles. The Hall–Kier alpha value is -1.93. The van der Waals surface area contributed by atoms with E-state index >= 15 is 0 Å². The van der Waals surface area contributed by atoms with E-state index in [1.54, 1.807) is 11.8 Å². The Labute approximate surface area is 160 Å². The molecular formula is C19H27N3O4S. The van der Waals surface area contributed by atoms with Crippen molar-refractivity contribution in [2.75, 3.05) is 25.9 Å². The number of sulfonamides is 1. The van der Waals surface area contributed by atoms with Crippen LogP contribution in [-0.4, -0.2) is 61.4 Å². The Bertz CT molecular complexity index is 816. The summed E-state index contributed by atoms with van der Waals surface area (Å²) in [6.45, 7) is 3.64. The van der Waals surface area contributed by atoms with Gasteiger partial charge in [-0.2, -0.15) is 0 Å². The molecule has 27 heavy (non-hydrogen) atoms. The van der Waals surface area contributed by atoms with Crippen LogP contribution < -0.4 is 5.32 Å². The lowest BCUT2D eigenvalue weighted by molar-refractivity contribution is -0.138. The highest BCUT2D eigenvalue weighted by atomic mass is 32.2. The van der Waals surface area contributed by atoms with Gasteiger partial charge in [0, 0.05) is 32.1 Å². The molecule has 7 nitrogen and oxygen atoms in total. The van der Waals surface area contributed by atoms with E-state index in [-0.39, 0.29) is 17.7 Å². The van der Waals surface area contributed by atoms with Crippen LogP contribution in [0.5, 0.6) is 0 Å². The van der Waals surface area contributed by atoms with Crippen molar-refractivity contribution >= 4 is 21.8 Å². The molecule has 1 saturated heterocycles. The molecule has 0 bridgehead atoms. The SMILES string of the molecule is C[C@@H](NC(=O)C1CCN(S(C)(=O)=O)CC1)C(=O)N1CCc2ccccc2C1. The van der Waals surface area contributed by atoms with Crippen LogP contribution in [0.1, 0.15) is 30.9 Å². The minimum absolute atomic E-state index is 0.0774. The third-order valence-electron chi connectivity index (χ3n) is 5.47. The maximum atomic E-state index is 12.7. The number of nitrogens with one attached hydrogen (secondary N) is 1. The summed E-state index contributed by atoms with van der Waals surface area (Å²) in [7, 11) is -3.21. The van der Waals surface area contributed by atoms with Crippen LogP contribution in [0.3, 0.4) is 0 Å². The standard InChI is InChI=1S/C19H27N3O4S/c1-14(19(24)21-10-7-15-5-3-4-6-17(15)13-21)20-18(23)16-8-11-22(12-9-16)27(2,25)26/h3-6,14,16H,7-13H2,1-2H3,(H,20,23)/t14-/m1/s1. The second-order valence-electron chi connectivity index (χ2n) is 7.45. The van der Waals surface area contributed by atoms with E-state index in [0.717, 1.165) is 12.0 Å². The number of fused-ring (bicyclic) bond motifs is 1. The normalized spacial score (nSPS) is 20.0. The quantitative estimate of drug-likeness (QED) is 0.818. The topological polar surface area (TPSA) is 86.8 Å². The summed E-state index contributed by atoms with van der Waals surface area (Å²) < 4.78 is 24.5. The van der Waals surface area contributed by atoms with Gasteiger partial charge in [-0.25, -0.2) is 12.7 Å². The van der Waals surface area contributed by atoms with Crippen LogP contribution >= 0.6 is 0 Å². The van der Waals surface area contributed by atoms with Gasteiger partial charge < -0.3 is 10.2 Å². The predicted octanol–water partition coefficient (Wildman–Crippen LogP) is 0.748. The predicted molar refractivity (Wildman–Crippen MR) is 102 cm³/mol. The second-order valence-corrected chi connectivity index (χ2v) is 9.43. The van der Waals surface area contributed by atoms with Crippen molar-refractivity contribution in [1.29, 1.82) is 0 Å². The van der Waals surface area contributed by atoms with Crippen LogP contribution in [0, 0.1) is 5.92 Å². The van der Waals surface area contributed by atoms with Gasteiger partial charge in [-0.15, -0.1) is 0 Å². The Morgan fingerprint density at radius 1 is 1.11 bits per heavy atom. The van der Waals surface area contributed by atoms with E-state index in [1.807, 2.05) is 18.2 Å². The molecule has 0 aliphatic carbocycles. The third kappa shape index (κ3) is 4.68. The third-order valence-corrected chi connectivity index (χ3v) is 6.77. The van der Waals surface area contributed by atoms with Gasteiger partial charge in [0.05, 0.1) is 6.26 Å². The summed E-state index contributed by atoms with van der Waals surface area (Å²) in [6.07, 6.45) is 2.98. The van der Waals surface area contributed by atoms with Crippen molar-refractivity contribution in [3.8, 4) is 0 Å². The van der Waals surface area contributed by atoms with E-state index in [0.29, 0.717) is 39.0 Å². The largest absolute Gasteiger partial charge is 0.344 e. The van der Waals surface area contributed by atoms with Gasteiger partial charge >= 0.3 is 0 Å². The fourth-order valence-corrected chi connectivity index (χ4v) is 4.67. The summed E-state index contributed by atoms with van der Waals surface area (Å²) >= 11 is 0. The van der Waals surface area contributed by atoms with E-state index in [1.165, 1.54) is 16.1 Å². The number of carbonyl (C=O) groups excluding carboxylic acids is 2. The smallest absolute Gasteiger partial charge is 0.245 e. The van der Waals surface area contributed by atoms with Crippen LogP contribution in [0.25, 0.3) is 0 Å². The molecule has 1 fully saturated rings. The molecule has 1 aromatic rings. The van der Waals surface area contributed by atoms with Gasteiger partial charge in [0.15, 0.2) is 0 Å². The highest BCUT2D eigenvalue weighted by molar-refractivity contribution is 7.88. The molecule has 1 aromatic carbocycles. The Morgan fingerprint density at radius 3 is 2.37 bits per heavy atom. The molecule has 0 unspecified atom stereocenters. The maximum Gasteiger partial charge on any atom is 0.245 e. The first-order chi connectivity index (χ1) is 12.8. The van der Waals surface area contributed by atoms with E-state index in [4.69, 9.17) is 0 Å². The average molecular weight is 394 g/mol. The first-order valence-corrected chi connectivity index (χ1v) is 11.2. The first-order valence-electron chi connectivity index (χ1n) is 9.37. The molecule has 3 rings (SSSR count). The minimum atomic E-state index is -3.21. The lowest BCUT2D eigenvalue weighted by atomic mass is 9.96. The Kier molecular flexibility index (Phi) is 5.86. The fraction of sp³-hybridized carbons (Fsp3) is 0.579. The number of piperidine rings is 1. The molecule has 2 aliphatic rings. The number of nitrogens with zero attached hydrogens (tertiary/aromatic N) is 2. The summed E-state index contributed by atoms with van der Waals surface area (Å²) in [4.78, 5) is 27.0. The highest BCUT2D eigenvalue weighted by Crippen LogP contribution is 2.21. The Balaban J connectivity index is 1.52. The summed E-state index contributed by atoms with van der Waals surface area (Å²) in [5.74, 6) is -0.492. The molecular weight excluding hydrogens is 366 g/mol. The molecule has 2 amide bonds. The number of carbonyl (C=O) groups is 2. The number of hydrogen-bond acceptors (Lipinski definition) is 4. The molecule has 1 N–H and O–H groups in total. The van der Waals surface area contributed by atoms with Crippen molar-refractivity contribution in [1.82, 2.24) is 14.5 Å². The van der Waals surface area contributed by atoms with E-state index in [9.17, 15) is 18.0 Å². The van der Waals surface area contributed by atoms with Gasteiger partial charge in [-0.1, -0.05) is 24.3 Å². The molecule has 2 heterocycles. The monoisotopic (exact) mass is 393 g/mol. The Morgan fingerprint density at radius 2 is 1.74 bits per heavy atom. The molecule has 0 saturated carbocycles. The van der Waals surface area contributed by atoms with Crippen molar-refractivity contribution in [3.63, 3.8) is 0 Å². The average Bonchev–Trinajstić information content (AvgIpc) is 2.66. The number of rotatable bonds is 4. The van der Waals surface area contributed by atoms with Crippen LogP contribution in [0.4, 0.5) is 0 Å². The van der Waals surface area contributed by atoms with Gasteiger partial charge in [0.2, 0.25) is 21.8 Å². The molecule has 1 atom stereocenters. The minimum Gasteiger partial charge on any atom is -0.344 e. The zero-order valence-electron chi connectivity index (χ0n) is 15.8. The van der Waals surface area contributed by atoms with Gasteiger partial charge in [-0.05, 0) is 37.3 Å². The van der Waals surface area contributed by atoms with Gasteiger partial charge in [-0.3, -0.25) is 9.59 Å². The van der Waals surface area contributed by atoms with Crippen molar-refractivity contribution < 1.29 is 18.0 Å². The highest BCUT2D eigenvalue weighted by Gasteiger charge is 2.31. The molecule has 8 heteroatoms. The summed E-state index contributed by atoms with van der Waals surface area (Å²) in [5, 5.41) is 2.83. The van der Waals surface area contributed by atoms with Gasteiger partial charge in [0.1, 0.15) is 6.04 Å². The van der Waals surface area contributed by atoms with Crippen LogP contribution in [-0.2, 0) is 32.6 Å². The molecule has 0 radical (unpaired) electrons. The maximum absolute atomic E-state index is 12.7. The summed E-state index contributed by atoms with van der Waals surface area (Å²) in [5.41, 5.74) is 2.43. The number of hydrogen-bond donors (Lipinski definition) is 1. The molecule has 2 aliphatic heterocycles. The fourth-order valence-electron chi connectivity index (χ4n) is 3.80. The van der Waals surface area contributed by atoms with Crippen LogP contribution in [0.15, 0.2) is 24.3 Å². The molecule has 0 spiro atoms. The van der Waals surface area contributed by atoms with Crippen molar-refractivity contribution in [2.24, 2.45) is 5.92 Å². The lowest BCUT2D eigenvalue weighted by Gasteiger charge is -2.32. The number of benzene rings is 1. The van der Waals surface area contributed by atoms with E-state index < -0.39 is 16.1 Å². The van der Waals surface area contributed by atoms with Crippen molar-refractivity contribution in [3.05, 3.63) is 35.4 Å². The van der Waals surface area contributed by atoms with E-state index in [2.05, 4.69) is 11.4 Å². The first kappa shape index (κ1) is 19.8. The zero-order chi connectivity index (χ0) is 19.6. The number of amides is 2. The van der Waals surface area contributed by atoms with Crippen molar-refractivity contribution in [2.45, 2.75) is 38.8 Å². The van der Waals surface area contributed by atoms with Crippen LogP contribution in [0.2, 0.25) is 0 Å². The second kappa shape index (κ2) is 7.98.